The van der Waals surface area contributed by atoms with E-state index in [4.69, 9.17) is 4.74 Å². The van der Waals surface area contributed by atoms with E-state index in [1.54, 1.807) is 11.9 Å². The van der Waals surface area contributed by atoms with Crippen molar-refractivity contribution in [2.24, 2.45) is 28.3 Å². The molecule has 0 saturated heterocycles. The van der Waals surface area contributed by atoms with E-state index in [0.29, 0.717) is 5.90 Å². The molecule has 1 aromatic rings. The van der Waals surface area contributed by atoms with Gasteiger partial charge in [-0.1, -0.05) is 17.7 Å². The van der Waals surface area contributed by atoms with E-state index in [0.717, 1.165) is 23.3 Å². The van der Waals surface area contributed by atoms with Crippen LogP contribution >= 0.6 is 0 Å². The normalized spacial score (nSPS) is 40.5. The van der Waals surface area contributed by atoms with Crippen molar-refractivity contribution in [3.63, 3.8) is 0 Å². The van der Waals surface area contributed by atoms with Gasteiger partial charge in [-0.25, -0.2) is 0 Å². The minimum Gasteiger partial charge on any atom is -0.447 e. The van der Waals surface area contributed by atoms with Crippen LogP contribution in [0.25, 0.3) is 0 Å². The predicted octanol–water partition coefficient (Wildman–Crippen LogP) is 4.47. The second-order valence-corrected chi connectivity index (χ2v) is 9.38. The second kappa shape index (κ2) is 5.34. The monoisotopic (exact) mass is 352 g/mol. The van der Waals surface area contributed by atoms with Gasteiger partial charge in [0.15, 0.2) is 0 Å². The van der Waals surface area contributed by atoms with Gasteiger partial charge in [-0.2, -0.15) is 5.01 Å². The van der Waals surface area contributed by atoms with Crippen LogP contribution in [-0.4, -0.2) is 22.5 Å². The number of carbonyl (C=O) groups excluding carboxylic acids is 1. The lowest BCUT2D eigenvalue weighted by molar-refractivity contribution is -0.216. The maximum Gasteiger partial charge on any atom is 0.243 e. The van der Waals surface area contributed by atoms with Crippen molar-refractivity contribution in [3.8, 4) is 0 Å². The highest BCUT2D eigenvalue weighted by Crippen LogP contribution is 2.65. The largest absolute Gasteiger partial charge is 0.447 e. The van der Waals surface area contributed by atoms with E-state index >= 15 is 0 Å². The summed E-state index contributed by atoms with van der Waals surface area (Å²) in [6.45, 7) is 5.80. The molecule has 4 fully saturated rings. The molecule has 0 aromatic heterocycles. The van der Waals surface area contributed by atoms with Crippen molar-refractivity contribution in [1.82, 2.24) is 5.01 Å². The van der Waals surface area contributed by atoms with Crippen molar-refractivity contribution >= 4 is 11.8 Å². The van der Waals surface area contributed by atoms with E-state index in [1.807, 2.05) is 12.1 Å². The van der Waals surface area contributed by atoms with Gasteiger partial charge in [-0.15, -0.1) is 5.10 Å². The topological polar surface area (TPSA) is 41.9 Å². The number of hydrogen-bond donors (Lipinski definition) is 0. The Morgan fingerprint density at radius 3 is 2.12 bits per heavy atom. The van der Waals surface area contributed by atoms with Crippen LogP contribution in [-0.2, 0) is 9.53 Å². The molecule has 0 spiro atoms. The first-order valence-corrected chi connectivity index (χ1v) is 10.0. The first-order chi connectivity index (χ1) is 12.4. The molecule has 4 saturated carbocycles. The first-order valence-electron chi connectivity index (χ1n) is 10.0. The SMILES string of the molecule is CC(=O)N1N=C(c2ccc(C)cc2)OC1(C)C12CC3CC(CC(C3)C1)C2. The number of hydrazone groups is 1. The average Bonchev–Trinajstić information content (AvgIpc) is 2.94. The third kappa shape index (κ3) is 2.20. The summed E-state index contributed by atoms with van der Waals surface area (Å²) in [4.78, 5) is 12.5. The Balaban J connectivity index is 1.53. The van der Waals surface area contributed by atoms with E-state index in [1.165, 1.54) is 44.1 Å². The van der Waals surface area contributed by atoms with Crippen molar-refractivity contribution < 1.29 is 9.53 Å². The Labute approximate surface area is 155 Å². The zero-order valence-electron chi connectivity index (χ0n) is 16.0. The number of benzene rings is 1. The lowest BCUT2D eigenvalue weighted by Gasteiger charge is -2.61. The molecule has 1 unspecified atom stereocenters. The highest BCUT2D eigenvalue weighted by molar-refractivity contribution is 5.96. The number of hydrogen-bond acceptors (Lipinski definition) is 3. The van der Waals surface area contributed by atoms with Crippen LogP contribution in [0, 0.1) is 30.1 Å². The number of rotatable bonds is 2. The summed E-state index contributed by atoms with van der Waals surface area (Å²) in [7, 11) is 0. The highest BCUT2D eigenvalue weighted by atomic mass is 16.6. The van der Waals surface area contributed by atoms with Crippen molar-refractivity contribution in [3.05, 3.63) is 35.4 Å². The fourth-order valence-corrected chi connectivity index (χ4v) is 6.63. The van der Waals surface area contributed by atoms with Crippen LogP contribution in [0.2, 0.25) is 0 Å². The van der Waals surface area contributed by atoms with Gasteiger partial charge >= 0.3 is 0 Å². The van der Waals surface area contributed by atoms with Crippen molar-refractivity contribution in [1.29, 1.82) is 0 Å². The van der Waals surface area contributed by atoms with E-state index < -0.39 is 5.72 Å². The third-order valence-electron chi connectivity index (χ3n) is 7.51. The molecule has 4 nitrogen and oxygen atoms in total. The van der Waals surface area contributed by atoms with Gasteiger partial charge in [0.2, 0.25) is 17.5 Å². The van der Waals surface area contributed by atoms with Crippen molar-refractivity contribution in [2.75, 3.05) is 0 Å². The van der Waals surface area contributed by atoms with Crippen LogP contribution in [0.15, 0.2) is 29.4 Å². The summed E-state index contributed by atoms with van der Waals surface area (Å²) >= 11 is 0. The molecule has 4 bridgehead atoms. The summed E-state index contributed by atoms with van der Waals surface area (Å²) in [5, 5.41) is 6.34. The summed E-state index contributed by atoms with van der Waals surface area (Å²) in [6, 6.07) is 8.22. The molecule has 4 aliphatic carbocycles. The maximum absolute atomic E-state index is 12.5. The number of carbonyl (C=O) groups is 1. The average molecular weight is 352 g/mol. The Hall–Kier alpha value is -1.84. The molecule has 6 rings (SSSR count). The Morgan fingerprint density at radius 2 is 1.62 bits per heavy atom. The molecule has 0 N–H and O–H groups in total. The van der Waals surface area contributed by atoms with Crippen molar-refractivity contribution in [2.45, 2.75) is 65.0 Å². The number of aryl methyl sites for hydroxylation is 1. The molecule has 4 heteroatoms. The zero-order chi connectivity index (χ0) is 18.1. The third-order valence-corrected chi connectivity index (χ3v) is 7.51. The highest BCUT2D eigenvalue weighted by Gasteiger charge is 2.65. The van der Waals surface area contributed by atoms with Crippen LogP contribution in [0.1, 0.15) is 63.5 Å². The van der Waals surface area contributed by atoms with Crippen LogP contribution < -0.4 is 0 Å². The maximum atomic E-state index is 12.5. The molecule has 1 amide bonds. The lowest BCUT2D eigenvalue weighted by Crippen LogP contribution is -2.63. The van der Waals surface area contributed by atoms with E-state index in [2.05, 4.69) is 31.1 Å². The molecular formula is C22H28N2O2. The summed E-state index contributed by atoms with van der Waals surface area (Å²) in [5.74, 6) is 2.99. The summed E-state index contributed by atoms with van der Waals surface area (Å²) in [5.41, 5.74) is 1.55. The molecule has 1 atom stereocenters. The van der Waals surface area contributed by atoms with Gasteiger partial charge in [0, 0.05) is 17.9 Å². The minimum atomic E-state index is -0.658. The smallest absolute Gasteiger partial charge is 0.243 e. The molecule has 138 valence electrons. The van der Waals surface area contributed by atoms with Crippen LogP contribution in [0.5, 0.6) is 0 Å². The predicted molar refractivity (Wildman–Crippen MR) is 100 cm³/mol. The fraction of sp³-hybridized carbons (Fsp3) is 0.636. The first kappa shape index (κ1) is 16.3. The zero-order valence-corrected chi connectivity index (χ0v) is 16.0. The fourth-order valence-electron chi connectivity index (χ4n) is 6.63. The standard InChI is InChI=1S/C22H28N2O2/c1-14-4-6-19(7-5-14)20-23-24(15(2)25)21(3,26-20)22-11-16-8-17(12-22)10-18(9-16)13-22/h4-7,16-18H,8-13H2,1-3H3. The van der Waals surface area contributed by atoms with Crippen LogP contribution in [0.3, 0.4) is 0 Å². The van der Waals surface area contributed by atoms with Gasteiger partial charge in [-0.3, -0.25) is 4.79 Å². The lowest BCUT2D eigenvalue weighted by atomic mass is 9.47. The number of ether oxygens (including phenoxy) is 1. The number of nitrogens with zero attached hydrogens (tertiary/aromatic N) is 2. The minimum absolute atomic E-state index is 0.0228. The van der Waals surface area contributed by atoms with E-state index in [9.17, 15) is 4.79 Å². The molecule has 1 heterocycles. The Kier molecular flexibility index (Phi) is 3.35. The Morgan fingerprint density at radius 1 is 1.08 bits per heavy atom. The van der Waals surface area contributed by atoms with Crippen LogP contribution in [0.4, 0.5) is 0 Å². The van der Waals surface area contributed by atoms with Gasteiger partial charge in [0.25, 0.3) is 0 Å². The second-order valence-electron chi connectivity index (χ2n) is 9.38. The van der Waals surface area contributed by atoms with Gasteiger partial charge < -0.3 is 4.74 Å². The quantitative estimate of drug-likeness (QED) is 0.788. The number of amides is 1. The van der Waals surface area contributed by atoms with E-state index in [-0.39, 0.29) is 11.3 Å². The molecule has 26 heavy (non-hydrogen) atoms. The molecule has 1 aromatic carbocycles. The molecule has 5 aliphatic rings. The summed E-state index contributed by atoms with van der Waals surface area (Å²) in [6.07, 6.45) is 7.66. The molecule has 1 aliphatic heterocycles. The van der Waals surface area contributed by atoms with Gasteiger partial charge in [0.05, 0.1) is 0 Å². The summed E-state index contributed by atoms with van der Waals surface area (Å²) < 4.78 is 6.59. The van der Waals surface area contributed by atoms with Gasteiger partial charge in [0.1, 0.15) is 0 Å². The van der Waals surface area contributed by atoms with Gasteiger partial charge in [-0.05, 0) is 82.3 Å². The molecule has 0 radical (unpaired) electrons. The Bertz CT molecular complexity index is 747. The molecular weight excluding hydrogens is 324 g/mol.